The fourth-order valence-electron chi connectivity index (χ4n) is 1.61. The lowest BCUT2D eigenvalue weighted by Gasteiger charge is -2.19. The quantitative estimate of drug-likeness (QED) is 0.461. The third-order valence-corrected chi connectivity index (χ3v) is 3.50. The maximum atomic E-state index is 10.9. The molecule has 5 heteroatoms. The molecule has 0 rings (SSSR count). The monoisotopic (exact) mass is 262 g/mol. The van der Waals surface area contributed by atoms with Gasteiger partial charge in [-0.2, -0.15) is 11.8 Å². The Morgan fingerprint density at radius 1 is 1.18 bits per heavy atom. The van der Waals surface area contributed by atoms with Gasteiger partial charge in [0.25, 0.3) is 0 Å². The minimum absolute atomic E-state index is 0.0836. The maximum Gasteiger partial charge on any atom is 0.305 e. The van der Waals surface area contributed by atoms with E-state index in [4.69, 9.17) is 11.5 Å². The highest BCUT2D eigenvalue weighted by Crippen LogP contribution is 2.09. The molecule has 0 aromatic carbocycles. The van der Waals surface area contributed by atoms with Crippen LogP contribution in [0, 0.1) is 0 Å². The molecule has 0 fully saturated rings. The Labute approximate surface area is 109 Å². The van der Waals surface area contributed by atoms with Crippen LogP contribution in [0.3, 0.4) is 0 Å². The molecule has 0 radical (unpaired) electrons. The van der Waals surface area contributed by atoms with Gasteiger partial charge in [-0.15, -0.1) is 0 Å². The van der Waals surface area contributed by atoms with Crippen molar-refractivity contribution in [1.82, 2.24) is 0 Å². The summed E-state index contributed by atoms with van der Waals surface area (Å²) in [6, 6.07) is 0.184. The number of carbonyl (C=O) groups excluding carboxylic acids is 1. The molecule has 0 aromatic rings. The van der Waals surface area contributed by atoms with Crippen LogP contribution in [0.4, 0.5) is 0 Å². The maximum absolute atomic E-state index is 10.9. The van der Waals surface area contributed by atoms with Crippen molar-refractivity contribution in [1.29, 1.82) is 0 Å². The number of nitrogens with two attached hydrogens (primary N) is 2. The zero-order valence-corrected chi connectivity index (χ0v) is 11.8. The average molecular weight is 262 g/mol. The van der Waals surface area contributed by atoms with Crippen molar-refractivity contribution in [3.8, 4) is 0 Å². The summed E-state index contributed by atoms with van der Waals surface area (Å²) in [6.07, 6.45) is 7.42. The topological polar surface area (TPSA) is 78.3 Å². The van der Waals surface area contributed by atoms with Crippen molar-refractivity contribution in [3.05, 3.63) is 0 Å². The number of methoxy groups -OCH3 is 1. The molecule has 0 spiro atoms. The van der Waals surface area contributed by atoms with Crippen molar-refractivity contribution in [2.75, 3.05) is 19.1 Å². The molecule has 2 atom stereocenters. The Morgan fingerprint density at radius 3 is 2.41 bits per heavy atom. The molecule has 102 valence electrons. The summed E-state index contributed by atoms with van der Waals surface area (Å²) < 4.78 is 4.57. The van der Waals surface area contributed by atoms with Gasteiger partial charge in [0.2, 0.25) is 0 Å². The van der Waals surface area contributed by atoms with Crippen LogP contribution in [0.15, 0.2) is 0 Å². The van der Waals surface area contributed by atoms with Gasteiger partial charge in [-0.25, -0.2) is 0 Å². The van der Waals surface area contributed by atoms with E-state index < -0.39 is 0 Å². The molecule has 0 saturated heterocycles. The first-order valence-electron chi connectivity index (χ1n) is 6.18. The Balaban J connectivity index is 3.43. The summed E-state index contributed by atoms with van der Waals surface area (Å²) in [5.41, 5.74) is 12.0. The van der Waals surface area contributed by atoms with E-state index in [1.165, 1.54) is 7.11 Å². The van der Waals surface area contributed by atoms with E-state index in [1.807, 2.05) is 0 Å². The van der Waals surface area contributed by atoms with Crippen LogP contribution in [0.5, 0.6) is 0 Å². The van der Waals surface area contributed by atoms with Crippen molar-refractivity contribution >= 4 is 17.7 Å². The molecule has 0 bridgehead atoms. The molecule has 0 amide bonds. The fourth-order valence-corrected chi connectivity index (χ4v) is 2.12. The SMILES string of the molecule is COC(=O)CCCCCC(N)C(N)CCSC. The van der Waals surface area contributed by atoms with Gasteiger partial charge in [0.15, 0.2) is 0 Å². The summed E-state index contributed by atoms with van der Waals surface area (Å²) in [6.45, 7) is 0. The molecule has 0 aliphatic carbocycles. The van der Waals surface area contributed by atoms with Crippen molar-refractivity contribution in [2.24, 2.45) is 11.5 Å². The van der Waals surface area contributed by atoms with Gasteiger partial charge in [0.1, 0.15) is 0 Å². The van der Waals surface area contributed by atoms with Gasteiger partial charge >= 0.3 is 5.97 Å². The second-order valence-electron chi connectivity index (χ2n) is 4.28. The average Bonchev–Trinajstić information content (AvgIpc) is 2.34. The molecular formula is C12H26N2O2S. The zero-order chi connectivity index (χ0) is 13.1. The van der Waals surface area contributed by atoms with Gasteiger partial charge < -0.3 is 16.2 Å². The molecule has 0 saturated carbocycles. The zero-order valence-electron chi connectivity index (χ0n) is 11.0. The number of unbranched alkanes of at least 4 members (excludes halogenated alkanes) is 2. The van der Waals surface area contributed by atoms with Crippen LogP contribution < -0.4 is 11.5 Å². The van der Waals surface area contributed by atoms with Crippen LogP contribution in [0.1, 0.15) is 38.5 Å². The Morgan fingerprint density at radius 2 is 1.82 bits per heavy atom. The Kier molecular flexibility index (Phi) is 10.7. The summed E-state index contributed by atoms with van der Waals surface area (Å²) >= 11 is 1.80. The van der Waals surface area contributed by atoms with Crippen LogP contribution >= 0.6 is 11.8 Å². The summed E-state index contributed by atoms with van der Waals surface area (Å²) in [5, 5.41) is 0. The molecular weight excluding hydrogens is 236 g/mol. The number of rotatable bonds is 10. The van der Waals surface area contributed by atoms with E-state index >= 15 is 0 Å². The van der Waals surface area contributed by atoms with Crippen molar-refractivity contribution < 1.29 is 9.53 Å². The lowest BCUT2D eigenvalue weighted by molar-refractivity contribution is -0.140. The second-order valence-corrected chi connectivity index (χ2v) is 5.27. The third kappa shape index (κ3) is 9.44. The number of thioether (sulfide) groups is 1. The van der Waals surface area contributed by atoms with Gasteiger partial charge in [0, 0.05) is 18.5 Å². The lowest BCUT2D eigenvalue weighted by atomic mass is 10.0. The number of esters is 1. The highest BCUT2D eigenvalue weighted by atomic mass is 32.2. The van der Waals surface area contributed by atoms with E-state index in [0.29, 0.717) is 6.42 Å². The number of hydrogen-bond donors (Lipinski definition) is 2. The third-order valence-electron chi connectivity index (χ3n) is 2.85. The van der Waals surface area contributed by atoms with Gasteiger partial charge in [-0.05, 0) is 31.3 Å². The Bertz CT molecular complexity index is 203. The highest BCUT2D eigenvalue weighted by molar-refractivity contribution is 7.98. The van der Waals surface area contributed by atoms with E-state index in [2.05, 4.69) is 11.0 Å². The minimum atomic E-state index is -0.133. The Hall–Kier alpha value is -0.260. The summed E-state index contributed by atoms with van der Waals surface area (Å²) in [7, 11) is 1.42. The predicted octanol–water partition coefficient (Wildman–Crippen LogP) is 1.52. The van der Waals surface area contributed by atoms with Crippen LogP contribution in [-0.4, -0.2) is 37.2 Å². The van der Waals surface area contributed by atoms with Gasteiger partial charge in [-0.3, -0.25) is 4.79 Å². The summed E-state index contributed by atoms with van der Waals surface area (Å²) in [4.78, 5) is 10.9. The molecule has 0 aromatic heterocycles. The van der Waals surface area contributed by atoms with Crippen LogP contribution in [0.2, 0.25) is 0 Å². The van der Waals surface area contributed by atoms with Gasteiger partial charge in [-0.1, -0.05) is 12.8 Å². The normalized spacial score (nSPS) is 14.4. The van der Waals surface area contributed by atoms with E-state index in [1.54, 1.807) is 11.8 Å². The number of carbonyl (C=O) groups is 1. The molecule has 4 N–H and O–H groups in total. The van der Waals surface area contributed by atoms with E-state index in [9.17, 15) is 4.79 Å². The second kappa shape index (κ2) is 10.9. The predicted molar refractivity (Wildman–Crippen MR) is 74.1 cm³/mol. The fraction of sp³-hybridized carbons (Fsp3) is 0.917. The smallest absolute Gasteiger partial charge is 0.305 e. The van der Waals surface area contributed by atoms with E-state index in [0.717, 1.165) is 37.9 Å². The molecule has 0 aliphatic rings. The number of ether oxygens (including phenoxy) is 1. The standard InChI is InChI=1S/C12H26N2O2S/c1-16-12(15)7-5-3-4-6-10(13)11(14)8-9-17-2/h10-11H,3-9,13-14H2,1-2H3. The molecule has 4 nitrogen and oxygen atoms in total. The van der Waals surface area contributed by atoms with Gasteiger partial charge in [0.05, 0.1) is 7.11 Å². The van der Waals surface area contributed by atoms with Crippen LogP contribution in [-0.2, 0) is 9.53 Å². The van der Waals surface area contributed by atoms with Crippen molar-refractivity contribution in [3.63, 3.8) is 0 Å². The molecule has 0 aliphatic heterocycles. The highest BCUT2D eigenvalue weighted by Gasteiger charge is 2.12. The lowest BCUT2D eigenvalue weighted by Crippen LogP contribution is -2.41. The molecule has 2 unspecified atom stereocenters. The van der Waals surface area contributed by atoms with Crippen molar-refractivity contribution in [2.45, 2.75) is 50.6 Å². The molecule has 17 heavy (non-hydrogen) atoms. The first-order valence-corrected chi connectivity index (χ1v) is 7.58. The minimum Gasteiger partial charge on any atom is -0.469 e. The van der Waals surface area contributed by atoms with E-state index in [-0.39, 0.29) is 18.1 Å². The largest absolute Gasteiger partial charge is 0.469 e. The van der Waals surface area contributed by atoms with Crippen LogP contribution in [0.25, 0.3) is 0 Å². The first-order chi connectivity index (χ1) is 8.11. The number of hydrogen-bond acceptors (Lipinski definition) is 5. The summed E-state index contributed by atoms with van der Waals surface area (Å²) in [5.74, 6) is 0.933. The molecule has 0 heterocycles. The first kappa shape index (κ1) is 16.7.